The molecule has 0 aliphatic carbocycles. The highest BCUT2D eigenvalue weighted by Crippen LogP contribution is 2.24. The number of piperidine rings is 1. The van der Waals surface area contributed by atoms with E-state index in [0.717, 1.165) is 24.2 Å². The summed E-state index contributed by atoms with van der Waals surface area (Å²) in [6.45, 7) is 5.43. The molecule has 1 aromatic carbocycles. The van der Waals surface area contributed by atoms with Gasteiger partial charge in [-0.2, -0.15) is 0 Å². The molecule has 0 bridgehead atoms. The Morgan fingerprint density at radius 3 is 2.90 bits per heavy atom. The minimum Gasteiger partial charge on any atom is -0.487 e. The largest absolute Gasteiger partial charge is 0.487 e. The van der Waals surface area contributed by atoms with Crippen LogP contribution in [0.2, 0.25) is 0 Å². The number of hydrogen-bond donors (Lipinski definition) is 1. The van der Waals surface area contributed by atoms with E-state index in [0.29, 0.717) is 37.6 Å². The van der Waals surface area contributed by atoms with E-state index >= 15 is 0 Å². The summed E-state index contributed by atoms with van der Waals surface area (Å²) in [4.78, 5) is 39.1. The van der Waals surface area contributed by atoms with Gasteiger partial charge in [0.1, 0.15) is 0 Å². The Hall–Kier alpha value is -2.48. The van der Waals surface area contributed by atoms with E-state index in [9.17, 15) is 14.4 Å². The topological polar surface area (TPSA) is 84.9 Å². The number of rotatable bonds is 5. The Kier molecular flexibility index (Phi) is 7.19. The standard InChI is InChI=1S/C21H26N2O5S/c1-3-27-21(26)16-5-4-8-23(12-16)20(25)15-7-6-14(2)17(11-15)22-19(24)18-13-29-10-9-28-18/h6-7,11,13,16H,3-5,8-10,12H2,1-2H3,(H,22,24)/t16-/m1/s1. The average molecular weight is 419 g/mol. The van der Waals surface area contributed by atoms with Gasteiger partial charge in [-0.3, -0.25) is 14.4 Å². The zero-order valence-corrected chi connectivity index (χ0v) is 17.5. The first kappa shape index (κ1) is 21.2. The minimum absolute atomic E-state index is 0.154. The average Bonchev–Trinajstić information content (AvgIpc) is 2.75. The molecule has 0 spiro atoms. The Labute approximate surface area is 174 Å². The van der Waals surface area contributed by atoms with Gasteiger partial charge in [-0.1, -0.05) is 6.07 Å². The molecule has 3 rings (SSSR count). The van der Waals surface area contributed by atoms with Gasteiger partial charge in [-0.05, 0) is 44.4 Å². The zero-order chi connectivity index (χ0) is 20.8. The van der Waals surface area contributed by atoms with Crippen LogP contribution in [0, 0.1) is 12.8 Å². The summed E-state index contributed by atoms with van der Waals surface area (Å²) in [5, 5.41) is 4.53. The molecular formula is C21H26N2O5S. The highest BCUT2D eigenvalue weighted by atomic mass is 32.2. The molecule has 7 nitrogen and oxygen atoms in total. The second-order valence-electron chi connectivity index (χ2n) is 7.03. The fraction of sp³-hybridized carbons (Fsp3) is 0.476. The van der Waals surface area contributed by atoms with E-state index in [1.165, 1.54) is 11.8 Å². The van der Waals surface area contributed by atoms with Gasteiger partial charge in [0.05, 0.1) is 19.1 Å². The van der Waals surface area contributed by atoms with Crippen molar-refractivity contribution in [2.45, 2.75) is 26.7 Å². The molecule has 1 atom stereocenters. The zero-order valence-electron chi connectivity index (χ0n) is 16.7. The molecule has 1 N–H and O–H groups in total. The Bertz CT molecular complexity index is 823. The summed E-state index contributed by atoms with van der Waals surface area (Å²) in [5.74, 6) is 0.0855. The summed E-state index contributed by atoms with van der Waals surface area (Å²) >= 11 is 1.53. The van der Waals surface area contributed by atoms with Crippen LogP contribution in [-0.4, -0.2) is 54.7 Å². The molecule has 0 unspecified atom stereocenters. The number of anilines is 1. The molecule has 0 radical (unpaired) electrons. The molecule has 1 saturated heterocycles. The summed E-state index contributed by atoms with van der Waals surface area (Å²) in [6, 6.07) is 5.23. The van der Waals surface area contributed by atoms with Gasteiger partial charge in [-0.15, -0.1) is 11.8 Å². The van der Waals surface area contributed by atoms with Crippen LogP contribution in [-0.2, 0) is 19.1 Å². The summed E-state index contributed by atoms with van der Waals surface area (Å²) in [7, 11) is 0. The first-order chi connectivity index (χ1) is 14.0. The molecule has 0 saturated carbocycles. The molecule has 29 heavy (non-hydrogen) atoms. The Morgan fingerprint density at radius 2 is 2.17 bits per heavy atom. The number of aryl methyl sites for hydroxylation is 1. The smallest absolute Gasteiger partial charge is 0.310 e. The van der Waals surface area contributed by atoms with E-state index in [-0.39, 0.29) is 29.5 Å². The van der Waals surface area contributed by atoms with Crippen molar-refractivity contribution >= 4 is 35.2 Å². The number of amides is 2. The summed E-state index contributed by atoms with van der Waals surface area (Å²) in [5.41, 5.74) is 1.89. The normalized spacial score (nSPS) is 19.0. The van der Waals surface area contributed by atoms with Crippen molar-refractivity contribution in [1.82, 2.24) is 4.90 Å². The Balaban J connectivity index is 1.71. The van der Waals surface area contributed by atoms with Crippen molar-refractivity contribution in [3.8, 4) is 0 Å². The van der Waals surface area contributed by atoms with Crippen molar-refractivity contribution in [2.24, 2.45) is 5.92 Å². The first-order valence-corrected chi connectivity index (χ1v) is 10.9. The van der Waals surface area contributed by atoms with Crippen LogP contribution in [0.3, 0.4) is 0 Å². The number of carbonyl (C=O) groups excluding carboxylic acids is 3. The first-order valence-electron chi connectivity index (χ1n) is 9.82. The number of nitrogens with one attached hydrogen (secondary N) is 1. The summed E-state index contributed by atoms with van der Waals surface area (Å²) < 4.78 is 10.5. The van der Waals surface area contributed by atoms with E-state index in [1.807, 2.05) is 6.92 Å². The van der Waals surface area contributed by atoms with Crippen LogP contribution in [0.1, 0.15) is 35.7 Å². The molecule has 2 heterocycles. The predicted octanol–water partition coefficient (Wildman–Crippen LogP) is 2.95. The predicted molar refractivity (Wildman–Crippen MR) is 112 cm³/mol. The van der Waals surface area contributed by atoms with Gasteiger partial charge in [-0.25, -0.2) is 0 Å². The lowest BCUT2D eigenvalue weighted by molar-refractivity contribution is -0.149. The molecule has 0 aromatic heterocycles. The van der Waals surface area contributed by atoms with Gasteiger partial charge >= 0.3 is 5.97 Å². The van der Waals surface area contributed by atoms with Crippen LogP contribution in [0.15, 0.2) is 29.4 Å². The third kappa shape index (κ3) is 5.32. The van der Waals surface area contributed by atoms with E-state index < -0.39 is 0 Å². The van der Waals surface area contributed by atoms with Gasteiger partial charge in [0.15, 0.2) is 5.76 Å². The van der Waals surface area contributed by atoms with Crippen molar-refractivity contribution in [3.05, 3.63) is 40.5 Å². The SMILES string of the molecule is CCOC(=O)[C@@H]1CCCN(C(=O)c2ccc(C)c(NC(=O)C3=CSCCO3)c2)C1. The lowest BCUT2D eigenvalue weighted by Crippen LogP contribution is -2.42. The number of esters is 1. The molecule has 156 valence electrons. The van der Waals surface area contributed by atoms with Gasteiger partial charge in [0, 0.05) is 35.5 Å². The minimum atomic E-state index is -0.328. The number of thioether (sulfide) groups is 1. The lowest BCUT2D eigenvalue weighted by atomic mass is 9.97. The molecule has 2 aliphatic rings. The van der Waals surface area contributed by atoms with E-state index in [4.69, 9.17) is 9.47 Å². The number of hydrogen-bond acceptors (Lipinski definition) is 6. The van der Waals surface area contributed by atoms with Crippen LogP contribution in [0.4, 0.5) is 5.69 Å². The number of carbonyl (C=O) groups is 3. The molecule has 2 aliphatic heterocycles. The third-order valence-corrected chi connectivity index (χ3v) is 5.72. The maximum atomic E-state index is 13.0. The third-order valence-electron chi connectivity index (χ3n) is 4.93. The quantitative estimate of drug-likeness (QED) is 0.740. The van der Waals surface area contributed by atoms with Gasteiger partial charge in [0.2, 0.25) is 0 Å². The maximum Gasteiger partial charge on any atom is 0.310 e. The summed E-state index contributed by atoms with van der Waals surface area (Å²) in [6.07, 6.45) is 1.48. The number of likely N-dealkylation sites (tertiary alicyclic amines) is 1. The molecule has 8 heteroatoms. The van der Waals surface area contributed by atoms with Gasteiger partial charge < -0.3 is 19.7 Å². The Morgan fingerprint density at radius 1 is 1.34 bits per heavy atom. The monoisotopic (exact) mass is 418 g/mol. The number of nitrogens with zero attached hydrogens (tertiary/aromatic N) is 1. The number of benzene rings is 1. The molecule has 1 aromatic rings. The van der Waals surface area contributed by atoms with Crippen molar-refractivity contribution in [2.75, 3.05) is 37.4 Å². The van der Waals surface area contributed by atoms with Crippen LogP contribution >= 0.6 is 11.8 Å². The highest BCUT2D eigenvalue weighted by molar-refractivity contribution is 8.02. The number of ether oxygens (including phenoxy) is 2. The van der Waals surface area contributed by atoms with Crippen molar-refractivity contribution in [3.63, 3.8) is 0 Å². The van der Waals surface area contributed by atoms with Crippen LogP contribution in [0.5, 0.6) is 0 Å². The highest BCUT2D eigenvalue weighted by Gasteiger charge is 2.30. The maximum absolute atomic E-state index is 13.0. The van der Waals surface area contributed by atoms with Crippen molar-refractivity contribution < 1.29 is 23.9 Å². The second-order valence-corrected chi connectivity index (χ2v) is 8.00. The van der Waals surface area contributed by atoms with E-state index in [2.05, 4.69) is 5.32 Å². The van der Waals surface area contributed by atoms with Gasteiger partial charge in [0.25, 0.3) is 11.8 Å². The second kappa shape index (κ2) is 9.82. The fourth-order valence-electron chi connectivity index (χ4n) is 3.36. The lowest BCUT2D eigenvalue weighted by Gasteiger charge is -2.31. The molecular weight excluding hydrogens is 392 g/mol. The molecule has 2 amide bonds. The van der Waals surface area contributed by atoms with Crippen LogP contribution < -0.4 is 5.32 Å². The fourth-order valence-corrected chi connectivity index (χ4v) is 3.98. The molecule has 1 fully saturated rings. The van der Waals surface area contributed by atoms with Crippen LogP contribution in [0.25, 0.3) is 0 Å². The van der Waals surface area contributed by atoms with E-state index in [1.54, 1.807) is 35.4 Å². The van der Waals surface area contributed by atoms with Crippen molar-refractivity contribution in [1.29, 1.82) is 0 Å².